The first kappa shape index (κ1) is 26.0. The number of hydrogen-bond acceptors (Lipinski definition) is 9. The zero-order valence-corrected chi connectivity index (χ0v) is 21.7. The number of rotatable bonds is 9. The number of nitrogens with zero attached hydrogens (tertiary/aromatic N) is 2. The summed E-state index contributed by atoms with van der Waals surface area (Å²) in [4.78, 5) is 22.1. The van der Waals surface area contributed by atoms with Gasteiger partial charge in [0.25, 0.3) is 0 Å². The summed E-state index contributed by atoms with van der Waals surface area (Å²) in [6.45, 7) is -0.334. The maximum atomic E-state index is 13.3. The lowest BCUT2D eigenvalue weighted by Gasteiger charge is -2.17. The van der Waals surface area contributed by atoms with Crippen molar-refractivity contribution in [2.45, 2.75) is 31.5 Å². The summed E-state index contributed by atoms with van der Waals surface area (Å²) < 4.78 is 27.7. The summed E-state index contributed by atoms with van der Waals surface area (Å²) in [5.41, 5.74) is 2.92. The lowest BCUT2D eigenvalue weighted by atomic mass is 9.95. The molecule has 1 aliphatic carbocycles. The summed E-state index contributed by atoms with van der Waals surface area (Å²) in [5.74, 6) is -1.28. The van der Waals surface area contributed by atoms with Gasteiger partial charge in [-0.25, -0.2) is 15.1 Å². The van der Waals surface area contributed by atoms with Crippen LogP contribution in [0.1, 0.15) is 38.5 Å². The molecule has 4 rings (SSSR count). The van der Waals surface area contributed by atoms with Crippen LogP contribution in [-0.2, 0) is 27.3 Å². The van der Waals surface area contributed by atoms with E-state index >= 15 is 0 Å². The highest BCUT2D eigenvalue weighted by atomic mass is 79.9. The Hall–Kier alpha value is -2.06. The molecular weight excluding hydrogens is 558 g/mol. The van der Waals surface area contributed by atoms with Crippen molar-refractivity contribution in [3.05, 3.63) is 80.0 Å². The summed E-state index contributed by atoms with van der Waals surface area (Å²) in [5, 5.41) is 27.7. The molecule has 9 nitrogen and oxygen atoms in total. The summed E-state index contributed by atoms with van der Waals surface area (Å²) >= 11 is 4.82. The molecular formula is C23H24BrN3O6S2. The number of carbonyl (C=O) groups excluding carboxylic acids is 1. The fourth-order valence-corrected chi connectivity index (χ4v) is 6.01. The largest absolute Gasteiger partial charge is 0.390 e. The molecule has 0 spiro atoms. The van der Waals surface area contributed by atoms with Gasteiger partial charge in [-0.15, -0.1) is 11.3 Å². The molecule has 4 atom stereocenters. The minimum atomic E-state index is -4.16. The molecule has 4 N–H and O–H groups in total. The lowest BCUT2D eigenvalue weighted by molar-refractivity contribution is -0.00334. The van der Waals surface area contributed by atoms with Crippen molar-refractivity contribution < 1.29 is 27.6 Å². The Morgan fingerprint density at radius 3 is 2.71 bits per heavy atom. The van der Waals surface area contributed by atoms with E-state index in [-0.39, 0.29) is 25.2 Å². The third-order valence-electron chi connectivity index (χ3n) is 6.04. The predicted octanol–water partition coefficient (Wildman–Crippen LogP) is 2.24. The molecule has 0 amide bonds. The van der Waals surface area contributed by atoms with Gasteiger partial charge in [-0.2, -0.15) is 8.42 Å². The van der Waals surface area contributed by atoms with Crippen molar-refractivity contribution in [1.82, 2.24) is 9.97 Å². The molecule has 2 aromatic heterocycles. The number of aliphatic hydroxyl groups is 2. The molecule has 0 saturated heterocycles. The van der Waals surface area contributed by atoms with Crippen molar-refractivity contribution in [2.24, 2.45) is 17.0 Å². The zero-order chi connectivity index (χ0) is 25.2. The fourth-order valence-electron chi connectivity index (χ4n) is 4.34. The van der Waals surface area contributed by atoms with Crippen molar-refractivity contribution in [3.63, 3.8) is 0 Å². The zero-order valence-electron chi connectivity index (χ0n) is 18.5. The van der Waals surface area contributed by atoms with Gasteiger partial charge in [0.1, 0.15) is 6.33 Å². The van der Waals surface area contributed by atoms with Gasteiger partial charge in [-0.1, -0.05) is 28.1 Å². The molecule has 186 valence electrons. The van der Waals surface area contributed by atoms with E-state index in [9.17, 15) is 23.4 Å². The molecule has 35 heavy (non-hydrogen) atoms. The van der Waals surface area contributed by atoms with Crippen LogP contribution >= 0.6 is 27.3 Å². The van der Waals surface area contributed by atoms with Crippen LogP contribution in [0.25, 0.3) is 0 Å². The van der Waals surface area contributed by atoms with Gasteiger partial charge in [-0.3, -0.25) is 8.98 Å². The Morgan fingerprint density at radius 2 is 1.97 bits per heavy atom. The van der Waals surface area contributed by atoms with E-state index in [4.69, 9.17) is 5.14 Å². The maximum absolute atomic E-state index is 13.3. The monoisotopic (exact) mass is 581 g/mol. The van der Waals surface area contributed by atoms with E-state index in [1.807, 2.05) is 35.7 Å². The minimum Gasteiger partial charge on any atom is -0.390 e. The number of aliphatic hydroxyl groups excluding tert-OH is 2. The number of benzene rings is 1. The van der Waals surface area contributed by atoms with Crippen LogP contribution in [0.5, 0.6) is 0 Å². The van der Waals surface area contributed by atoms with Crippen molar-refractivity contribution >= 4 is 43.4 Å². The average molecular weight is 582 g/mol. The van der Waals surface area contributed by atoms with Crippen LogP contribution in [0.4, 0.5) is 0 Å². The maximum Gasteiger partial charge on any atom is 0.333 e. The van der Waals surface area contributed by atoms with Crippen LogP contribution < -0.4 is 5.14 Å². The molecule has 1 aliphatic rings. The first-order chi connectivity index (χ1) is 16.6. The Morgan fingerprint density at radius 1 is 1.20 bits per heavy atom. The van der Waals surface area contributed by atoms with E-state index in [1.54, 1.807) is 0 Å². The third-order valence-corrected chi connectivity index (χ3v) is 7.97. The van der Waals surface area contributed by atoms with Crippen molar-refractivity contribution in [3.8, 4) is 0 Å². The summed E-state index contributed by atoms with van der Waals surface area (Å²) in [7, 11) is -4.16. The second-order valence-corrected chi connectivity index (χ2v) is 11.6. The van der Waals surface area contributed by atoms with Gasteiger partial charge in [0, 0.05) is 16.6 Å². The number of nitrogens with two attached hydrogens (primary N) is 1. The second kappa shape index (κ2) is 10.9. The lowest BCUT2D eigenvalue weighted by Crippen LogP contribution is -2.31. The van der Waals surface area contributed by atoms with Crippen LogP contribution in [0.2, 0.25) is 0 Å². The van der Waals surface area contributed by atoms with Crippen molar-refractivity contribution in [1.29, 1.82) is 0 Å². The standard InChI is InChI=1S/C23H24BrN3O6S2/c24-17-3-1-2-13(5-17)4-14-6-20(34-11-14)23(30)18-9-26-12-27-19(18)8-15-7-16(22(29)21(15)28)10-33-35(25,31)32/h1-3,5-6,9,11-12,15-16,21-22,28-29H,4,7-8,10H2,(H2,25,31,32)/t15-,16+,21-,22+/m0/s1. The van der Waals surface area contributed by atoms with Crippen LogP contribution in [-0.4, -0.2) is 53.2 Å². The number of aromatic nitrogens is 2. The smallest absolute Gasteiger partial charge is 0.333 e. The third kappa shape index (κ3) is 6.58. The molecule has 12 heteroatoms. The highest BCUT2D eigenvalue weighted by Crippen LogP contribution is 2.35. The molecule has 1 fully saturated rings. The summed E-state index contributed by atoms with van der Waals surface area (Å²) in [6, 6.07) is 9.84. The molecule has 1 saturated carbocycles. The molecule has 1 aromatic carbocycles. The molecule has 2 heterocycles. The van der Waals surface area contributed by atoms with Gasteiger partial charge in [0.05, 0.1) is 34.9 Å². The van der Waals surface area contributed by atoms with E-state index < -0.39 is 34.3 Å². The number of ketones is 1. The minimum absolute atomic E-state index is 0.212. The Kier molecular flexibility index (Phi) is 8.11. The summed E-state index contributed by atoms with van der Waals surface area (Å²) in [6.07, 6.45) is 1.67. The first-order valence-corrected chi connectivity index (χ1v) is 13.9. The molecule has 0 unspecified atom stereocenters. The Labute approximate surface area is 215 Å². The van der Waals surface area contributed by atoms with Gasteiger partial charge in [0.15, 0.2) is 0 Å². The molecule has 0 bridgehead atoms. The van der Waals surface area contributed by atoms with Gasteiger partial charge >= 0.3 is 10.3 Å². The average Bonchev–Trinajstić information content (AvgIpc) is 3.37. The molecule has 0 radical (unpaired) electrons. The van der Waals surface area contributed by atoms with E-state index in [2.05, 4.69) is 30.1 Å². The predicted molar refractivity (Wildman–Crippen MR) is 133 cm³/mol. The van der Waals surface area contributed by atoms with Crippen molar-refractivity contribution in [2.75, 3.05) is 6.61 Å². The van der Waals surface area contributed by atoms with Gasteiger partial charge < -0.3 is 10.2 Å². The Balaban J connectivity index is 1.47. The van der Waals surface area contributed by atoms with Crippen LogP contribution in [0, 0.1) is 11.8 Å². The molecule has 3 aromatic rings. The van der Waals surface area contributed by atoms with Crippen LogP contribution in [0.3, 0.4) is 0 Å². The van der Waals surface area contributed by atoms with E-state index in [0.29, 0.717) is 22.6 Å². The first-order valence-electron chi connectivity index (χ1n) is 10.8. The number of hydrogen-bond donors (Lipinski definition) is 3. The van der Waals surface area contributed by atoms with E-state index in [0.717, 1.165) is 15.6 Å². The van der Waals surface area contributed by atoms with Crippen LogP contribution in [0.15, 0.2) is 52.7 Å². The molecule has 0 aliphatic heterocycles. The fraction of sp³-hybridized carbons (Fsp3) is 0.348. The van der Waals surface area contributed by atoms with Gasteiger partial charge in [-0.05, 0) is 59.9 Å². The number of halogens is 1. The highest BCUT2D eigenvalue weighted by Gasteiger charge is 2.42. The SMILES string of the molecule is NS(=O)(=O)OC[C@H]1C[C@@H](Cc2ncncc2C(=O)c2cc(Cc3cccc(Br)c3)cs2)[C@H](O)[C@@H]1O. The number of carbonyl (C=O) groups is 1. The van der Waals surface area contributed by atoms with Gasteiger partial charge in [0.2, 0.25) is 5.78 Å². The quantitative estimate of drug-likeness (QED) is 0.325. The van der Waals surface area contributed by atoms with E-state index in [1.165, 1.54) is 23.9 Å². The highest BCUT2D eigenvalue weighted by molar-refractivity contribution is 9.10. The normalized spacial score (nSPS) is 22.4. The second-order valence-electron chi connectivity index (χ2n) is 8.56. The number of thiophene rings is 1. The topological polar surface area (TPSA) is 153 Å². The Bertz CT molecular complexity index is 1320.